The van der Waals surface area contributed by atoms with Crippen molar-refractivity contribution in [3.63, 3.8) is 0 Å². The Bertz CT molecular complexity index is 1100. The van der Waals surface area contributed by atoms with Gasteiger partial charge in [0.15, 0.2) is 5.96 Å². The van der Waals surface area contributed by atoms with Crippen molar-refractivity contribution in [3.8, 4) is 0 Å². The fourth-order valence-electron chi connectivity index (χ4n) is 4.42. The number of ether oxygens (including phenoxy) is 1. The molecule has 176 valence electrons. The molecule has 0 bridgehead atoms. The van der Waals surface area contributed by atoms with Crippen LogP contribution in [0.2, 0.25) is 5.02 Å². The highest BCUT2D eigenvalue weighted by molar-refractivity contribution is 7.81. The minimum atomic E-state index is -2.62. The highest BCUT2D eigenvalue weighted by Crippen LogP contribution is 2.43. The summed E-state index contributed by atoms with van der Waals surface area (Å²) >= 11 is 4.15. The lowest BCUT2D eigenvalue weighted by Gasteiger charge is -2.41. The standard InChI is InChI=1S/C23H27ClN4O4S/c1-15-6-8-17(9-7-15)28(33(30)31)19-5-3-4-18(21(19)24)23(2)14-20(29)27(22(25)26-23)16-10-12-32-13-11-16/h3-9,16H,10-14H2,1-2H3,(H2,25,26)(H,30,31)/p-1/t23-/m0/s1. The van der Waals surface area contributed by atoms with Crippen molar-refractivity contribution >= 4 is 46.1 Å². The highest BCUT2D eigenvalue weighted by atomic mass is 35.5. The van der Waals surface area contributed by atoms with E-state index in [-0.39, 0.29) is 35.0 Å². The zero-order valence-electron chi connectivity index (χ0n) is 18.5. The van der Waals surface area contributed by atoms with Crippen LogP contribution < -0.4 is 10.0 Å². The van der Waals surface area contributed by atoms with Crippen LogP contribution >= 0.6 is 11.6 Å². The van der Waals surface area contributed by atoms with Gasteiger partial charge in [0.1, 0.15) is 0 Å². The van der Waals surface area contributed by atoms with E-state index in [1.165, 1.54) is 0 Å². The summed E-state index contributed by atoms with van der Waals surface area (Å²) in [6.07, 6.45) is 1.48. The first-order valence-electron chi connectivity index (χ1n) is 10.7. The van der Waals surface area contributed by atoms with E-state index in [2.05, 4.69) is 4.99 Å². The van der Waals surface area contributed by atoms with E-state index in [4.69, 9.17) is 22.1 Å². The third-order valence-corrected chi connectivity index (χ3v) is 7.23. The molecule has 0 aromatic heterocycles. The average molecular weight is 490 g/mol. The molecule has 2 N–H and O–H groups in total. The van der Waals surface area contributed by atoms with E-state index in [1.807, 2.05) is 19.1 Å². The Hall–Kier alpha value is -2.46. The zero-order chi connectivity index (χ0) is 23.8. The van der Waals surface area contributed by atoms with Crippen LogP contribution in [0.3, 0.4) is 0 Å². The lowest BCUT2D eigenvalue weighted by atomic mass is 9.86. The van der Waals surface area contributed by atoms with E-state index in [1.54, 1.807) is 42.2 Å². The normalized spacial score (nSPS) is 22.7. The number of halogens is 1. The number of anilines is 2. The number of rotatable bonds is 5. The summed E-state index contributed by atoms with van der Waals surface area (Å²) in [7, 11) is 0. The van der Waals surface area contributed by atoms with E-state index in [9.17, 15) is 13.6 Å². The number of aryl methyl sites for hydroxylation is 1. The SMILES string of the molecule is Cc1ccc(N(c2cccc([C@]3(C)CC(=O)N(C4CCOCC4)C(N)=N3)c2Cl)S(=O)[O-])cc1. The fourth-order valence-corrected chi connectivity index (χ4v) is 5.49. The summed E-state index contributed by atoms with van der Waals surface area (Å²) in [6, 6.07) is 12.1. The third-order valence-electron chi connectivity index (χ3n) is 6.12. The van der Waals surface area contributed by atoms with Gasteiger partial charge in [0, 0.05) is 24.8 Å². The summed E-state index contributed by atoms with van der Waals surface area (Å²) in [5, 5.41) is 0.202. The molecular weight excluding hydrogens is 464 g/mol. The molecule has 2 aliphatic rings. The largest absolute Gasteiger partial charge is 0.755 e. The lowest BCUT2D eigenvalue weighted by Crippen LogP contribution is -2.55. The number of amides is 1. The van der Waals surface area contributed by atoms with Crippen molar-refractivity contribution in [2.75, 3.05) is 17.5 Å². The highest BCUT2D eigenvalue weighted by Gasteiger charge is 2.42. The van der Waals surface area contributed by atoms with Crippen molar-refractivity contribution < 1.29 is 18.3 Å². The maximum absolute atomic E-state index is 13.2. The Balaban J connectivity index is 1.73. The first-order chi connectivity index (χ1) is 15.7. The second kappa shape index (κ2) is 9.42. The number of hydrogen-bond acceptors (Lipinski definition) is 6. The maximum atomic E-state index is 13.2. The molecule has 1 unspecified atom stereocenters. The number of nitrogens with zero attached hydrogens (tertiary/aromatic N) is 3. The molecule has 2 aliphatic heterocycles. The number of hydrogen-bond donors (Lipinski definition) is 1. The van der Waals surface area contributed by atoms with Gasteiger partial charge < -0.3 is 15.0 Å². The molecule has 1 amide bonds. The van der Waals surface area contributed by atoms with Crippen molar-refractivity contribution in [2.45, 2.75) is 44.7 Å². The molecule has 0 aliphatic carbocycles. The quantitative estimate of drug-likeness (QED) is 0.646. The molecule has 33 heavy (non-hydrogen) atoms. The van der Waals surface area contributed by atoms with Gasteiger partial charge in [-0.25, -0.2) is 4.99 Å². The van der Waals surface area contributed by atoms with Crippen molar-refractivity contribution in [3.05, 3.63) is 58.6 Å². The molecular formula is C23H26ClN4O4S-. The van der Waals surface area contributed by atoms with E-state index in [0.29, 0.717) is 37.3 Å². The second-order valence-electron chi connectivity index (χ2n) is 8.51. The number of aliphatic imine (C=N–C) groups is 1. The summed E-state index contributed by atoms with van der Waals surface area (Å²) in [4.78, 5) is 19.4. The van der Waals surface area contributed by atoms with Gasteiger partial charge in [-0.05, 0) is 44.9 Å². The topological polar surface area (TPSA) is 111 Å². The van der Waals surface area contributed by atoms with Crippen LogP contribution in [-0.2, 0) is 26.3 Å². The van der Waals surface area contributed by atoms with Crippen LogP contribution in [0.5, 0.6) is 0 Å². The predicted octanol–water partition coefficient (Wildman–Crippen LogP) is 3.52. The first-order valence-corrected chi connectivity index (χ1v) is 12.1. The van der Waals surface area contributed by atoms with Crippen LogP contribution in [0.1, 0.15) is 37.3 Å². The lowest BCUT2D eigenvalue weighted by molar-refractivity contribution is -0.132. The van der Waals surface area contributed by atoms with Gasteiger partial charge in [-0.15, -0.1) is 0 Å². The molecule has 0 saturated carbocycles. The first kappa shape index (κ1) is 23.7. The Morgan fingerprint density at radius 3 is 2.52 bits per heavy atom. The third kappa shape index (κ3) is 4.63. The number of guanidine groups is 1. The zero-order valence-corrected chi connectivity index (χ0v) is 20.1. The van der Waals surface area contributed by atoms with E-state index in [0.717, 1.165) is 9.87 Å². The number of nitrogens with two attached hydrogens (primary N) is 1. The Morgan fingerprint density at radius 1 is 1.24 bits per heavy atom. The van der Waals surface area contributed by atoms with Gasteiger partial charge in [-0.1, -0.05) is 41.4 Å². The monoisotopic (exact) mass is 489 g/mol. The maximum Gasteiger partial charge on any atom is 0.232 e. The second-order valence-corrected chi connectivity index (χ2v) is 9.69. The summed E-state index contributed by atoms with van der Waals surface area (Å²) < 4.78 is 30.9. The summed E-state index contributed by atoms with van der Waals surface area (Å²) in [6.45, 7) is 4.86. The molecule has 2 atom stereocenters. The van der Waals surface area contributed by atoms with Crippen LogP contribution in [0.4, 0.5) is 11.4 Å². The molecule has 1 saturated heterocycles. The number of carbonyl (C=O) groups excluding carboxylic acids is 1. The summed E-state index contributed by atoms with van der Waals surface area (Å²) in [5.41, 5.74) is 7.51. The summed E-state index contributed by atoms with van der Waals surface area (Å²) in [5.74, 6) is 0.00562. The van der Waals surface area contributed by atoms with Crippen molar-refractivity contribution in [1.82, 2.24) is 4.90 Å². The molecule has 2 aromatic rings. The molecule has 4 rings (SSSR count). The van der Waals surface area contributed by atoms with E-state index >= 15 is 0 Å². The van der Waals surface area contributed by atoms with E-state index < -0.39 is 16.8 Å². The number of carbonyl (C=O) groups is 1. The van der Waals surface area contributed by atoms with Gasteiger partial charge in [0.25, 0.3) is 0 Å². The minimum absolute atomic E-state index is 0.0405. The molecule has 8 nitrogen and oxygen atoms in total. The molecule has 2 aromatic carbocycles. The Labute approximate surface area is 200 Å². The molecule has 1 fully saturated rings. The Morgan fingerprint density at radius 2 is 1.91 bits per heavy atom. The number of benzene rings is 2. The molecule has 2 heterocycles. The van der Waals surface area contributed by atoms with Crippen LogP contribution in [0.15, 0.2) is 47.5 Å². The average Bonchev–Trinajstić information content (AvgIpc) is 2.76. The minimum Gasteiger partial charge on any atom is -0.755 e. The van der Waals surface area contributed by atoms with Crippen molar-refractivity contribution in [1.29, 1.82) is 0 Å². The smallest absolute Gasteiger partial charge is 0.232 e. The predicted molar refractivity (Wildman–Crippen MR) is 128 cm³/mol. The van der Waals surface area contributed by atoms with Crippen LogP contribution in [-0.4, -0.2) is 44.8 Å². The van der Waals surface area contributed by atoms with Gasteiger partial charge >= 0.3 is 0 Å². The van der Waals surface area contributed by atoms with Gasteiger partial charge in [0.2, 0.25) is 5.91 Å². The van der Waals surface area contributed by atoms with Gasteiger partial charge in [-0.3, -0.25) is 18.2 Å². The van der Waals surface area contributed by atoms with Gasteiger partial charge in [-0.2, -0.15) is 0 Å². The van der Waals surface area contributed by atoms with Gasteiger partial charge in [0.05, 0.1) is 39.6 Å². The fraction of sp³-hybridized carbons (Fsp3) is 0.391. The van der Waals surface area contributed by atoms with Crippen LogP contribution in [0, 0.1) is 6.92 Å². The van der Waals surface area contributed by atoms with Crippen LogP contribution in [0.25, 0.3) is 0 Å². The molecule has 10 heteroatoms. The van der Waals surface area contributed by atoms with Crippen molar-refractivity contribution in [2.24, 2.45) is 10.7 Å². The molecule has 0 radical (unpaired) electrons. The molecule has 0 spiro atoms. The Kier molecular flexibility index (Phi) is 6.76.